The first kappa shape index (κ1) is 18.4. The summed E-state index contributed by atoms with van der Waals surface area (Å²) in [5.74, 6) is -2.08. The molecule has 3 rings (SSSR count). The maximum absolute atomic E-state index is 13.2. The summed E-state index contributed by atoms with van der Waals surface area (Å²) in [5.41, 5.74) is -0.578. The highest BCUT2D eigenvalue weighted by molar-refractivity contribution is 6.61. The van der Waals surface area contributed by atoms with Crippen molar-refractivity contribution in [3.05, 3.63) is 58.9 Å². The number of fused-ring (bicyclic) bond motifs is 1. The van der Waals surface area contributed by atoms with Gasteiger partial charge in [-0.1, -0.05) is 13.0 Å². The summed E-state index contributed by atoms with van der Waals surface area (Å²) in [6.07, 6.45) is -4.87. The van der Waals surface area contributed by atoms with Crippen LogP contribution in [0.3, 0.4) is 0 Å². The molecule has 2 N–H and O–H groups in total. The highest BCUT2D eigenvalue weighted by atomic mass is 19.4. The number of halogens is 4. The zero-order valence-corrected chi connectivity index (χ0v) is 13.6. The minimum Gasteiger partial charge on any atom is -0.423 e. The molecule has 136 valence electrons. The SMILES string of the molecule is CC1COB(O)c2cc(NC(=O)c3ccc(F)cc3C(F)(F)F)ccc21. The number of alkyl halides is 3. The van der Waals surface area contributed by atoms with E-state index >= 15 is 0 Å². The van der Waals surface area contributed by atoms with Gasteiger partial charge in [-0.15, -0.1) is 0 Å². The van der Waals surface area contributed by atoms with E-state index in [-0.39, 0.29) is 17.7 Å². The highest BCUT2D eigenvalue weighted by Crippen LogP contribution is 2.33. The molecule has 1 unspecified atom stereocenters. The summed E-state index contributed by atoms with van der Waals surface area (Å²) in [6.45, 7) is 2.24. The van der Waals surface area contributed by atoms with Gasteiger partial charge < -0.3 is 15.0 Å². The number of nitrogens with one attached hydrogen (secondary N) is 1. The van der Waals surface area contributed by atoms with Crippen molar-refractivity contribution in [1.82, 2.24) is 0 Å². The van der Waals surface area contributed by atoms with Gasteiger partial charge in [-0.3, -0.25) is 4.79 Å². The van der Waals surface area contributed by atoms with Gasteiger partial charge in [0.05, 0.1) is 11.1 Å². The number of benzene rings is 2. The van der Waals surface area contributed by atoms with E-state index in [1.165, 1.54) is 12.1 Å². The van der Waals surface area contributed by atoms with Crippen molar-refractivity contribution in [2.75, 3.05) is 11.9 Å². The maximum atomic E-state index is 13.2. The molecule has 1 amide bonds. The lowest BCUT2D eigenvalue weighted by atomic mass is 9.71. The van der Waals surface area contributed by atoms with Crippen molar-refractivity contribution in [2.24, 2.45) is 0 Å². The second-order valence-electron chi connectivity index (χ2n) is 6.07. The molecule has 9 heteroatoms. The number of hydrogen-bond acceptors (Lipinski definition) is 3. The van der Waals surface area contributed by atoms with E-state index in [1.807, 2.05) is 6.92 Å². The van der Waals surface area contributed by atoms with Gasteiger partial charge in [0.15, 0.2) is 0 Å². The number of rotatable bonds is 2. The van der Waals surface area contributed by atoms with E-state index < -0.39 is 36.1 Å². The van der Waals surface area contributed by atoms with Gasteiger partial charge in [0.2, 0.25) is 0 Å². The number of hydrogen-bond donors (Lipinski definition) is 2. The number of carbonyl (C=O) groups is 1. The fourth-order valence-electron chi connectivity index (χ4n) is 2.88. The fourth-order valence-corrected chi connectivity index (χ4v) is 2.88. The van der Waals surface area contributed by atoms with Gasteiger partial charge in [-0.2, -0.15) is 13.2 Å². The van der Waals surface area contributed by atoms with Crippen molar-refractivity contribution in [1.29, 1.82) is 0 Å². The van der Waals surface area contributed by atoms with Gasteiger partial charge in [0.1, 0.15) is 5.82 Å². The van der Waals surface area contributed by atoms with Crippen LogP contribution in [0.25, 0.3) is 0 Å². The Hall–Kier alpha value is -2.39. The smallest absolute Gasteiger partial charge is 0.423 e. The van der Waals surface area contributed by atoms with Crippen LogP contribution in [0.2, 0.25) is 0 Å². The maximum Gasteiger partial charge on any atom is 0.491 e. The van der Waals surface area contributed by atoms with Crippen LogP contribution in [0.1, 0.15) is 34.3 Å². The Kier molecular flexibility index (Phi) is 4.77. The highest BCUT2D eigenvalue weighted by Gasteiger charge is 2.36. The van der Waals surface area contributed by atoms with Gasteiger partial charge in [0, 0.05) is 18.2 Å². The van der Waals surface area contributed by atoms with Gasteiger partial charge in [-0.05, 0) is 41.4 Å². The first-order valence-corrected chi connectivity index (χ1v) is 7.78. The quantitative estimate of drug-likeness (QED) is 0.634. The lowest BCUT2D eigenvalue weighted by molar-refractivity contribution is -0.138. The topological polar surface area (TPSA) is 58.6 Å². The molecule has 4 nitrogen and oxygen atoms in total. The summed E-state index contributed by atoms with van der Waals surface area (Å²) >= 11 is 0. The van der Waals surface area contributed by atoms with Crippen LogP contribution in [0, 0.1) is 5.82 Å². The Balaban J connectivity index is 1.91. The first-order chi connectivity index (χ1) is 12.2. The molecule has 26 heavy (non-hydrogen) atoms. The van der Waals surface area contributed by atoms with Crippen molar-refractivity contribution in [3.63, 3.8) is 0 Å². The lowest BCUT2D eigenvalue weighted by Crippen LogP contribution is -2.42. The lowest BCUT2D eigenvalue weighted by Gasteiger charge is -2.25. The van der Waals surface area contributed by atoms with Gasteiger partial charge >= 0.3 is 13.3 Å². The van der Waals surface area contributed by atoms with Gasteiger partial charge in [-0.25, -0.2) is 4.39 Å². The van der Waals surface area contributed by atoms with Crippen LogP contribution in [0.5, 0.6) is 0 Å². The van der Waals surface area contributed by atoms with E-state index in [4.69, 9.17) is 4.65 Å². The summed E-state index contributed by atoms with van der Waals surface area (Å²) in [4.78, 5) is 12.3. The van der Waals surface area contributed by atoms with Crippen LogP contribution in [0.15, 0.2) is 36.4 Å². The van der Waals surface area contributed by atoms with Crippen molar-refractivity contribution in [3.8, 4) is 0 Å². The van der Waals surface area contributed by atoms with Gasteiger partial charge in [0.25, 0.3) is 5.91 Å². The van der Waals surface area contributed by atoms with Crippen LogP contribution in [-0.4, -0.2) is 24.7 Å². The molecule has 0 radical (unpaired) electrons. The molecule has 0 fully saturated rings. The fraction of sp³-hybridized carbons (Fsp3) is 0.235. The molecule has 1 atom stereocenters. The Bertz CT molecular complexity index is 856. The molecule has 0 aliphatic carbocycles. The predicted molar refractivity (Wildman–Crippen MR) is 87.8 cm³/mol. The summed E-state index contributed by atoms with van der Waals surface area (Å²) in [6, 6.07) is 6.51. The van der Waals surface area contributed by atoms with E-state index in [0.29, 0.717) is 12.1 Å². The summed E-state index contributed by atoms with van der Waals surface area (Å²) in [7, 11) is -1.17. The van der Waals surface area contributed by atoms with E-state index in [9.17, 15) is 27.4 Å². The minimum atomic E-state index is -4.87. The zero-order chi connectivity index (χ0) is 19.1. The number of amides is 1. The standard InChI is InChI=1S/C17H14BF4NO3/c1-9-8-26-18(25)15-7-11(3-5-12(9)15)23-16(24)13-4-2-10(19)6-14(13)17(20,21)22/h2-7,9,25H,8H2,1H3,(H,23,24). The molecular formula is C17H14BF4NO3. The third-order valence-corrected chi connectivity index (χ3v) is 4.18. The molecule has 0 spiro atoms. The largest absolute Gasteiger partial charge is 0.491 e. The monoisotopic (exact) mass is 367 g/mol. The summed E-state index contributed by atoms with van der Waals surface area (Å²) in [5, 5.41) is 12.3. The Morgan fingerprint density at radius 2 is 2.00 bits per heavy atom. The van der Waals surface area contributed by atoms with E-state index in [1.54, 1.807) is 6.07 Å². The van der Waals surface area contributed by atoms with Crippen molar-refractivity contribution in [2.45, 2.75) is 19.0 Å². The summed E-state index contributed by atoms with van der Waals surface area (Å²) < 4.78 is 57.5. The normalized spacial score (nSPS) is 17.0. The van der Waals surface area contributed by atoms with E-state index in [2.05, 4.69) is 5.32 Å². The van der Waals surface area contributed by atoms with Crippen molar-refractivity contribution >= 4 is 24.2 Å². The average molecular weight is 367 g/mol. The molecule has 0 bridgehead atoms. The molecular weight excluding hydrogens is 353 g/mol. The third-order valence-electron chi connectivity index (χ3n) is 4.18. The Morgan fingerprint density at radius 3 is 2.69 bits per heavy atom. The van der Waals surface area contributed by atoms with E-state index in [0.717, 1.165) is 17.7 Å². The number of anilines is 1. The van der Waals surface area contributed by atoms with Crippen molar-refractivity contribution < 1.29 is 32.0 Å². The second-order valence-corrected chi connectivity index (χ2v) is 6.07. The van der Waals surface area contributed by atoms with Crippen LogP contribution in [0.4, 0.5) is 23.2 Å². The Labute approximate surface area is 146 Å². The molecule has 0 aromatic heterocycles. The molecule has 1 aliphatic rings. The van der Waals surface area contributed by atoms with Crippen LogP contribution >= 0.6 is 0 Å². The van der Waals surface area contributed by atoms with Crippen LogP contribution in [-0.2, 0) is 10.8 Å². The molecule has 2 aromatic carbocycles. The second kappa shape index (κ2) is 6.73. The zero-order valence-electron chi connectivity index (χ0n) is 13.6. The molecule has 1 aliphatic heterocycles. The average Bonchev–Trinajstić information content (AvgIpc) is 2.57. The molecule has 1 heterocycles. The third kappa shape index (κ3) is 3.59. The molecule has 2 aromatic rings. The molecule has 0 saturated heterocycles. The minimum absolute atomic E-state index is 0.0343. The molecule has 0 saturated carbocycles. The Morgan fingerprint density at radius 1 is 1.27 bits per heavy atom. The number of carbonyl (C=O) groups excluding carboxylic acids is 1. The first-order valence-electron chi connectivity index (χ1n) is 7.78. The predicted octanol–water partition coefficient (Wildman–Crippen LogP) is 2.92. The van der Waals surface area contributed by atoms with Crippen LogP contribution < -0.4 is 10.8 Å².